The Bertz CT molecular complexity index is 627. The molecule has 0 bridgehead atoms. The molecule has 0 unspecified atom stereocenters. The van der Waals surface area contributed by atoms with Gasteiger partial charge in [-0.25, -0.2) is 9.97 Å². The lowest BCUT2D eigenvalue weighted by atomic mass is 10.1. The molecule has 0 aliphatic carbocycles. The van der Waals surface area contributed by atoms with Crippen LogP contribution in [-0.2, 0) is 6.54 Å². The second kappa shape index (κ2) is 5.82. The summed E-state index contributed by atoms with van der Waals surface area (Å²) in [5.74, 6) is 0.568. The molecule has 0 saturated carbocycles. The van der Waals surface area contributed by atoms with Gasteiger partial charge < -0.3 is 5.32 Å². The number of aryl methyl sites for hydroxylation is 4. The van der Waals surface area contributed by atoms with Crippen LogP contribution in [0, 0.1) is 27.7 Å². The van der Waals surface area contributed by atoms with Crippen LogP contribution in [0.1, 0.15) is 38.7 Å². The van der Waals surface area contributed by atoms with Crippen LogP contribution < -0.4 is 5.32 Å². The van der Waals surface area contributed by atoms with Crippen molar-refractivity contribution in [3.05, 3.63) is 58.2 Å². The zero-order valence-corrected chi connectivity index (χ0v) is 12.3. The second-order valence-corrected chi connectivity index (χ2v) is 4.93. The van der Waals surface area contributed by atoms with Crippen molar-refractivity contribution in [1.82, 2.24) is 15.3 Å². The van der Waals surface area contributed by atoms with E-state index in [0.29, 0.717) is 17.9 Å². The molecule has 0 spiro atoms. The standard InChI is InChI=1S/C16H19N3O/c1-10-7-5-6-8-14(10)9-17-16(20)15-11(2)18-13(4)19-12(15)3/h5-8H,9H2,1-4H3,(H,17,20). The monoisotopic (exact) mass is 269 g/mol. The molecule has 4 nitrogen and oxygen atoms in total. The third kappa shape index (κ3) is 3.02. The van der Waals surface area contributed by atoms with Gasteiger partial charge in [0.05, 0.1) is 17.0 Å². The van der Waals surface area contributed by atoms with E-state index in [4.69, 9.17) is 0 Å². The number of nitrogens with zero attached hydrogens (tertiary/aromatic N) is 2. The van der Waals surface area contributed by atoms with Gasteiger partial charge in [-0.2, -0.15) is 0 Å². The van der Waals surface area contributed by atoms with Gasteiger partial charge in [0.1, 0.15) is 5.82 Å². The molecule has 0 atom stereocenters. The van der Waals surface area contributed by atoms with Gasteiger partial charge in [0.15, 0.2) is 0 Å². The van der Waals surface area contributed by atoms with Crippen LogP contribution in [0.15, 0.2) is 24.3 Å². The molecule has 0 fully saturated rings. The number of nitrogens with one attached hydrogen (secondary N) is 1. The van der Waals surface area contributed by atoms with Gasteiger partial charge in [-0.1, -0.05) is 24.3 Å². The van der Waals surface area contributed by atoms with E-state index < -0.39 is 0 Å². The van der Waals surface area contributed by atoms with Crippen LogP contribution in [-0.4, -0.2) is 15.9 Å². The summed E-state index contributed by atoms with van der Waals surface area (Å²) in [6.07, 6.45) is 0. The van der Waals surface area contributed by atoms with Crippen molar-refractivity contribution in [2.75, 3.05) is 0 Å². The molecule has 1 aromatic carbocycles. The van der Waals surface area contributed by atoms with Crippen LogP contribution in [0.2, 0.25) is 0 Å². The number of carbonyl (C=O) groups is 1. The maximum absolute atomic E-state index is 12.3. The van der Waals surface area contributed by atoms with Crippen molar-refractivity contribution < 1.29 is 4.79 Å². The summed E-state index contributed by atoms with van der Waals surface area (Å²) in [5.41, 5.74) is 4.30. The third-order valence-corrected chi connectivity index (χ3v) is 3.31. The number of rotatable bonds is 3. The second-order valence-electron chi connectivity index (χ2n) is 4.93. The minimum Gasteiger partial charge on any atom is -0.348 e. The normalized spacial score (nSPS) is 10.4. The highest BCUT2D eigenvalue weighted by atomic mass is 16.1. The molecule has 1 amide bonds. The smallest absolute Gasteiger partial charge is 0.255 e. The number of benzene rings is 1. The number of hydrogen-bond donors (Lipinski definition) is 1. The Balaban J connectivity index is 2.16. The first-order valence-electron chi connectivity index (χ1n) is 6.63. The molecule has 4 heteroatoms. The van der Waals surface area contributed by atoms with Gasteiger partial charge >= 0.3 is 0 Å². The van der Waals surface area contributed by atoms with E-state index in [1.54, 1.807) is 0 Å². The van der Waals surface area contributed by atoms with Crippen molar-refractivity contribution in [3.8, 4) is 0 Å². The summed E-state index contributed by atoms with van der Waals surface area (Å²) in [6.45, 7) is 8.05. The molecule has 20 heavy (non-hydrogen) atoms. The predicted molar refractivity (Wildman–Crippen MR) is 78.6 cm³/mol. The van der Waals surface area contributed by atoms with Crippen molar-refractivity contribution in [2.24, 2.45) is 0 Å². The van der Waals surface area contributed by atoms with E-state index in [0.717, 1.165) is 17.0 Å². The fourth-order valence-electron chi connectivity index (χ4n) is 2.28. The van der Waals surface area contributed by atoms with E-state index in [1.807, 2.05) is 52.0 Å². The summed E-state index contributed by atoms with van der Waals surface area (Å²) in [6, 6.07) is 8.01. The van der Waals surface area contributed by atoms with E-state index in [9.17, 15) is 4.79 Å². The zero-order chi connectivity index (χ0) is 14.7. The number of amides is 1. The molecular formula is C16H19N3O. The lowest BCUT2D eigenvalue weighted by molar-refractivity contribution is 0.0948. The van der Waals surface area contributed by atoms with E-state index in [1.165, 1.54) is 5.56 Å². The molecule has 0 saturated heterocycles. The lowest BCUT2D eigenvalue weighted by Crippen LogP contribution is -2.26. The quantitative estimate of drug-likeness (QED) is 0.932. The highest BCUT2D eigenvalue weighted by Gasteiger charge is 2.14. The van der Waals surface area contributed by atoms with E-state index in [2.05, 4.69) is 15.3 Å². The molecule has 1 heterocycles. The maximum Gasteiger partial charge on any atom is 0.255 e. The van der Waals surface area contributed by atoms with Gasteiger partial charge in [-0.15, -0.1) is 0 Å². The summed E-state index contributed by atoms with van der Waals surface area (Å²) >= 11 is 0. The Labute approximate surface area is 119 Å². The Morgan fingerprint density at radius 2 is 1.65 bits per heavy atom. The van der Waals surface area contributed by atoms with Gasteiger partial charge in [0.25, 0.3) is 5.91 Å². The fraction of sp³-hybridized carbons (Fsp3) is 0.312. The number of aromatic nitrogens is 2. The molecule has 2 rings (SSSR count). The van der Waals surface area contributed by atoms with Crippen LogP contribution in [0.5, 0.6) is 0 Å². The largest absolute Gasteiger partial charge is 0.348 e. The van der Waals surface area contributed by atoms with E-state index in [-0.39, 0.29) is 5.91 Å². The van der Waals surface area contributed by atoms with E-state index >= 15 is 0 Å². The Morgan fingerprint density at radius 1 is 1.05 bits per heavy atom. The average Bonchev–Trinajstić information content (AvgIpc) is 2.36. The average molecular weight is 269 g/mol. The minimum atomic E-state index is -0.122. The zero-order valence-electron chi connectivity index (χ0n) is 12.3. The van der Waals surface area contributed by atoms with Crippen LogP contribution in [0.25, 0.3) is 0 Å². The summed E-state index contributed by atoms with van der Waals surface area (Å²) < 4.78 is 0. The van der Waals surface area contributed by atoms with Gasteiger partial charge in [-0.3, -0.25) is 4.79 Å². The Morgan fingerprint density at radius 3 is 2.25 bits per heavy atom. The topological polar surface area (TPSA) is 54.9 Å². The number of hydrogen-bond acceptors (Lipinski definition) is 3. The van der Waals surface area contributed by atoms with Crippen molar-refractivity contribution >= 4 is 5.91 Å². The van der Waals surface area contributed by atoms with Crippen LogP contribution in [0.4, 0.5) is 0 Å². The van der Waals surface area contributed by atoms with Gasteiger partial charge in [-0.05, 0) is 38.8 Å². The highest BCUT2D eigenvalue weighted by molar-refractivity contribution is 5.96. The Hall–Kier alpha value is -2.23. The minimum absolute atomic E-state index is 0.122. The Kier molecular flexibility index (Phi) is 4.13. The third-order valence-electron chi connectivity index (χ3n) is 3.31. The summed E-state index contributed by atoms with van der Waals surface area (Å²) in [4.78, 5) is 20.8. The molecule has 104 valence electrons. The first-order valence-corrected chi connectivity index (χ1v) is 6.63. The fourth-order valence-corrected chi connectivity index (χ4v) is 2.28. The molecule has 0 aliphatic heterocycles. The van der Waals surface area contributed by atoms with Crippen molar-refractivity contribution in [3.63, 3.8) is 0 Å². The highest BCUT2D eigenvalue weighted by Crippen LogP contribution is 2.11. The molecule has 1 N–H and O–H groups in total. The lowest BCUT2D eigenvalue weighted by Gasteiger charge is -2.11. The summed E-state index contributed by atoms with van der Waals surface area (Å²) in [5, 5.41) is 2.94. The van der Waals surface area contributed by atoms with Crippen molar-refractivity contribution in [1.29, 1.82) is 0 Å². The van der Waals surface area contributed by atoms with Crippen LogP contribution in [0.3, 0.4) is 0 Å². The first kappa shape index (κ1) is 14.2. The summed E-state index contributed by atoms with van der Waals surface area (Å²) in [7, 11) is 0. The molecule has 0 radical (unpaired) electrons. The van der Waals surface area contributed by atoms with Crippen molar-refractivity contribution in [2.45, 2.75) is 34.2 Å². The number of carbonyl (C=O) groups excluding carboxylic acids is 1. The molecule has 2 aromatic rings. The first-order chi connectivity index (χ1) is 9.49. The van der Waals surface area contributed by atoms with Crippen LogP contribution >= 0.6 is 0 Å². The SMILES string of the molecule is Cc1nc(C)c(C(=O)NCc2ccccc2C)c(C)n1. The van der Waals surface area contributed by atoms with Gasteiger partial charge in [0, 0.05) is 6.54 Å². The van der Waals surface area contributed by atoms with Gasteiger partial charge in [0.2, 0.25) is 0 Å². The predicted octanol–water partition coefficient (Wildman–Crippen LogP) is 2.64. The molecule has 1 aromatic heterocycles. The molecular weight excluding hydrogens is 250 g/mol. The maximum atomic E-state index is 12.3. The molecule has 0 aliphatic rings.